The predicted molar refractivity (Wildman–Crippen MR) is 134 cm³/mol. The standard InChI is InChI=1S/C23H29N5O.C3H8/c1-17(19-10-5-4-9-18(19)16-29)28(3)15-22-26-21-12-7-6-11-20(21)23(27-22)25-14-8-13-24-2;1-3-2/h4-7,9-12,16-17,24H,8,13-15H2,1-3H3,(H,25,26,27);3H2,1-2H3. The van der Waals surface area contributed by atoms with Gasteiger partial charge in [0.25, 0.3) is 0 Å². The van der Waals surface area contributed by atoms with E-state index in [4.69, 9.17) is 9.97 Å². The number of rotatable bonds is 10. The van der Waals surface area contributed by atoms with E-state index in [0.717, 1.165) is 59.5 Å². The largest absolute Gasteiger partial charge is 0.369 e. The third-order valence-electron chi connectivity index (χ3n) is 5.17. The summed E-state index contributed by atoms with van der Waals surface area (Å²) in [5, 5.41) is 7.65. The van der Waals surface area contributed by atoms with Crippen molar-refractivity contribution in [2.75, 3.05) is 32.5 Å². The summed E-state index contributed by atoms with van der Waals surface area (Å²) in [4.78, 5) is 23.1. The average Bonchev–Trinajstić information content (AvgIpc) is 2.81. The average molecular weight is 436 g/mol. The Balaban J connectivity index is 0.00000114. The van der Waals surface area contributed by atoms with Crippen LogP contribution in [0.2, 0.25) is 0 Å². The van der Waals surface area contributed by atoms with Crippen molar-refractivity contribution in [2.24, 2.45) is 0 Å². The van der Waals surface area contributed by atoms with Crippen LogP contribution in [0.3, 0.4) is 0 Å². The van der Waals surface area contributed by atoms with Crippen LogP contribution in [0.15, 0.2) is 48.5 Å². The fourth-order valence-electron chi connectivity index (χ4n) is 3.40. The van der Waals surface area contributed by atoms with Gasteiger partial charge in [0.15, 0.2) is 0 Å². The molecule has 0 spiro atoms. The number of para-hydroxylation sites is 1. The first kappa shape index (κ1) is 25.4. The molecule has 0 amide bonds. The van der Waals surface area contributed by atoms with Crippen LogP contribution in [-0.4, -0.2) is 48.3 Å². The van der Waals surface area contributed by atoms with Crippen LogP contribution in [0.25, 0.3) is 10.9 Å². The number of fused-ring (bicyclic) bond motifs is 1. The second kappa shape index (κ2) is 13.6. The zero-order valence-electron chi connectivity index (χ0n) is 20.1. The minimum atomic E-state index is 0.0681. The number of nitrogens with one attached hydrogen (secondary N) is 2. The van der Waals surface area contributed by atoms with Crippen molar-refractivity contribution in [3.63, 3.8) is 0 Å². The Morgan fingerprint density at radius 3 is 2.44 bits per heavy atom. The van der Waals surface area contributed by atoms with Gasteiger partial charge >= 0.3 is 0 Å². The molecule has 0 fully saturated rings. The van der Waals surface area contributed by atoms with E-state index in [0.29, 0.717) is 6.54 Å². The van der Waals surface area contributed by atoms with E-state index in [1.165, 1.54) is 6.42 Å². The number of aldehydes is 1. The molecule has 32 heavy (non-hydrogen) atoms. The maximum atomic E-state index is 11.4. The molecule has 0 saturated heterocycles. The lowest BCUT2D eigenvalue weighted by Gasteiger charge is -2.25. The maximum Gasteiger partial charge on any atom is 0.150 e. The van der Waals surface area contributed by atoms with Gasteiger partial charge in [0, 0.05) is 23.5 Å². The summed E-state index contributed by atoms with van der Waals surface area (Å²) in [5.74, 6) is 1.63. The highest BCUT2D eigenvalue weighted by Crippen LogP contribution is 2.25. The van der Waals surface area contributed by atoms with E-state index < -0.39 is 0 Å². The van der Waals surface area contributed by atoms with E-state index in [1.807, 2.05) is 62.6 Å². The minimum Gasteiger partial charge on any atom is -0.369 e. The normalized spacial score (nSPS) is 11.7. The molecule has 3 rings (SSSR count). The van der Waals surface area contributed by atoms with E-state index in [-0.39, 0.29) is 6.04 Å². The van der Waals surface area contributed by atoms with Gasteiger partial charge in [0.2, 0.25) is 0 Å². The summed E-state index contributed by atoms with van der Waals surface area (Å²) in [6.07, 6.45) is 3.18. The van der Waals surface area contributed by atoms with E-state index in [9.17, 15) is 4.79 Å². The van der Waals surface area contributed by atoms with Crippen LogP contribution in [0.5, 0.6) is 0 Å². The molecule has 2 aromatic carbocycles. The molecule has 0 saturated carbocycles. The topological polar surface area (TPSA) is 70.2 Å². The number of aromatic nitrogens is 2. The molecule has 2 N–H and O–H groups in total. The summed E-state index contributed by atoms with van der Waals surface area (Å²) < 4.78 is 0. The summed E-state index contributed by atoms with van der Waals surface area (Å²) in [5.41, 5.74) is 2.66. The Kier molecular flexibility index (Phi) is 10.8. The molecular formula is C26H37N5O. The summed E-state index contributed by atoms with van der Waals surface area (Å²) in [6, 6.07) is 15.8. The number of carbonyl (C=O) groups excluding carboxylic acids is 1. The molecule has 1 heterocycles. The third-order valence-corrected chi connectivity index (χ3v) is 5.17. The Labute approximate surface area is 192 Å². The molecule has 172 valence electrons. The van der Waals surface area contributed by atoms with Gasteiger partial charge in [0.05, 0.1) is 12.1 Å². The first-order chi connectivity index (χ1) is 15.5. The van der Waals surface area contributed by atoms with Gasteiger partial charge in [-0.15, -0.1) is 0 Å². The van der Waals surface area contributed by atoms with Gasteiger partial charge in [-0.1, -0.05) is 56.7 Å². The minimum absolute atomic E-state index is 0.0681. The van der Waals surface area contributed by atoms with Gasteiger partial charge in [-0.3, -0.25) is 9.69 Å². The van der Waals surface area contributed by atoms with E-state index in [2.05, 4.69) is 36.3 Å². The molecule has 0 bridgehead atoms. The molecule has 3 aromatic rings. The number of carbonyl (C=O) groups is 1. The fraction of sp³-hybridized carbons (Fsp3) is 0.423. The van der Waals surface area contributed by atoms with Crippen molar-refractivity contribution in [2.45, 2.75) is 46.2 Å². The molecule has 1 unspecified atom stereocenters. The number of hydrogen-bond acceptors (Lipinski definition) is 6. The lowest BCUT2D eigenvalue weighted by atomic mass is 10.0. The second-order valence-corrected chi connectivity index (χ2v) is 7.93. The van der Waals surface area contributed by atoms with Gasteiger partial charge in [-0.2, -0.15) is 0 Å². The number of benzene rings is 2. The van der Waals surface area contributed by atoms with Crippen molar-refractivity contribution >= 4 is 23.0 Å². The maximum absolute atomic E-state index is 11.4. The van der Waals surface area contributed by atoms with Gasteiger partial charge in [0.1, 0.15) is 17.9 Å². The zero-order chi connectivity index (χ0) is 23.3. The van der Waals surface area contributed by atoms with Crippen molar-refractivity contribution in [3.8, 4) is 0 Å². The van der Waals surface area contributed by atoms with Crippen LogP contribution in [0.4, 0.5) is 5.82 Å². The Morgan fingerprint density at radius 2 is 1.72 bits per heavy atom. The van der Waals surface area contributed by atoms with Crippen LogP contribution in [-0.2, 0) is 6.54 Å². The van der Waals surface area contributed by atoms with E-state index >= 15 is 0 Å². The lowest BCUT2D eigenvalue weighted by molar-refractivity contribution is 0.112. The fourth-order valence-corrected chi connectivity index (χ4v) is 3.40. The van der Waals surface area contributed by atoms with Gasteiger partial charge in [-0.25, -0.2) is 9.97 Å². The molecule has 0 aliphatic heterocycles. The van der Waals surface area contributed by atoms with Crippen molar-refractivity contribution in [3.05, 3.63) is 65.5 Å². The number of hydrogen-bond donors (Lipinski definition) is 2. The van der Waals surface area contributed by atoms with Crippen molar-refractivity contribution in [1.82, 2.24) is 20.2 Å². The smallest absolute Gasteiger partial charge is 0.150 e. The summed E-state index contributed by atoms with van der Waals surface area (Å²) >= 11 is 0. The lowest BCUT2D eigenvalue weighted by Crippen LogP contribution is -2.24. The number of anilines is 1. The molecule has 6 heteroatoms. The molecule has 0 radical (unpaired) electrons. The predicted octanol–water partition coefficient (Wildman–Crippen LogP) is 5.07. The highest BCUT2D eigenvalue weighted by Gasteiger charge is 2.17. The molecule has 6 nitrogen and oxygen atoms in total. The number of nitrogens with zero attached hydrogens (tertiary/aromatic N) is 3. The Morgan fingerprint density at radius 1 is 1.03 bits per heavy atom. The van der Waals surface area contributed by atoms with Crippen LogP contribution in [0.1, 0.15) is 61.4 Å². The van der Waals surface area contributed by atoms with E-state index in [1.54, 1.807) is 0 Å². The van der Waals surface area contributed by atoms with Crippen LogP contribution >= 0.6 is 0 Å². The summed E-state index contributed by atoms with van der Waals surface area (Å²) in [7, 11) is 3.99. The van der Waals surface area contributed by atoms with Crippen LogP contribution in [0, 0.1) is 0 Å². The van der Waals surface area contributed by atoms with Crippen LogP contribution < -0.4 is 10.6 Å². The first-order valence-corrected chi connectivity index (χ1v) is 11.4. The molecule has 0 aliphatic carbocycles. The van der Waals surface area contributed by atoms with Crippen molar-refractivity contribution < 1.29 is 4.79 Å². The highest BCUT2D eigenvalue weighted by atomic mass is 16.1. The first-order valence-electron chi connectivity index (χ1n) is 11.4. The molecule has 1 aromatic heterocycles. The Bertz CT molecular complexity index is 975. The SMILES string of the molecule is CCC.CNCCCNc1nc(CN(C)C(C)c2ccccc2C=O)nc2ccccc12. The third kappa shape index (κ3) is 7.11. The molecule has 1 atom stereocenters. The quantitative estimate of drug-likeness (QED) is 0.342. The second-order valence-electron chi connectivity index (χ2n) is 7.93. The summed E-state index contributed by atoms with van der Waals surface area (Å²) in [6.45, 7) is 8.74. The Hall–Kier alpha value is -2.83. The van der Waals surface area contributed by atoms with Gasteiger partial charge in [-0.05, 0) is 51.7 Å². The zero-order valence-corrected chi connectivity index (χ0v) is 20.1. The monoisotopic (exact) mass is 435 g/mol. The van der Waals surface area contributed by atoms with Gasteiger partial charge < -0.3 is 10.6 Å². The van der Waals surface area contributed by atoms with Crippen molar-refractivity contribution in [1.29, 1.82) is 0 Å². The highest BCUT2D eigenvalue weighted by molar-refractivity contribution is 5.89. The molecule has 0 aliphatic rings. The molecular weight excluding hydrogens is 398 g/mol.